The summed E-state index contributed by atoms with van der Waals surface area (Å²) in [6.07, 6.45) is 3.15. The number of hydrogen-bond donors (Lipinski definition) is 1. The van der Waals surface area contributed by atoms with Gasteiger partial charge < -0.3 is 5.32 Å². The fourth-order valence-corrected chi connectivity index (χ4v) is 2.90. The second-order valence-corrected chi connectivity index (χ2v) is 6.39. The molecule has 0 bridgehead atoms. The zero-order valence-corrected chi connectivity index (χ0v) is 13.6. The van der Waals surface area contributed by atoms with Gasteiger partial charge in [-0.05, 0) is 49.6 Å². The molecule has 1 N–H and O–H groups in total. The Hall–Kier alpha value is -2.57. The van der Waals surface area contributed by atoms with Gasteiger partial charge in [-0.1, -0.05) is 0 Å². The number of aromatic nitrogens is 1. The van der Waals surface area contributed by atoms with E-state index in [1.54, 1.807) is 11.1 Å². The van der Waals surface area contributed by atoms with Gasteiger partial charge >= 0.3 is 6.18 Å². The van der Waals surface area contributed by atoms with Crippen LogP contribution in [0.4, 0.5) is 13.2 Å². The minimum absolute atomic E-state index is 0.333. The first kappa shape index (κ1) is 15.9. The van der Waals surface area contributed by atoms with Gasteiger partial charge in [-0.15, -0.1) is 0 Å². The molecule has 4 rings (SSSR count). The van der Waals surface area contributed by atoms with Crippen LogP contribution >= 0.6 is 0 Å². The summed E-state index contributed by atoms with van der Waals surface area (Å²) < 4.78 is 39.6. The van der Waals surface area contributed by atoms with Crippen molar-refractivity contribution >= 4 is 11.5 Å². The molecule has 0 spiro atoms. The molecule has 0 unspecified atom stereocenters. The summed E-state index contributed by atoms with van der Waals surface area (Å²) in [5.74, 6) is 0.612. The van der Waals surface area contributed by atoms with E-state index in [0.717, 1.165) is 35.7 Å². The van der Waals surface area contributed by atoms with Gasteiger partial charge in [0.15, 0.2) is 0 Å². The van der Waals surface area contributed by atoms with E-state index in [1.807, 2.05) is 19.1 Å². The summed E-state index contributed by atoms with van der Waals surface area (Å²) in [6.45, 7) is 2.19. The summed E-state index contributed by atoms with van der Waals surface area (Å²) in [5, 5.41) is 3.30. The fourth-order valence-electron chi connectivity index (χ4n) is 2.90. The number of pyridine rings is 1. The zero-order chi connectivity index (χ0) is 17.6. The third-order valence-electron chi connectivity index (χ3n) is 4.36. The Kier molecular flexibility index (Phi) is 3.67. The molecular formula is C18H17F3N4. The van der Waals surface area contributed by atoms with Crippen molar-refractivity contribution in [2.24, 2.45) is 4.99 Å². The first-order valence-corrected chi connectivity index (χ1v) is 8.15. The van der Waals surface area contributed by atoms with Crippen LogP contribution in [0.2, 0.25) is 0 Å². The Labute approximate surface area is 143 Å². The summed E-state index contributed by atoms with van der Waals surface area (Å²) >= 11 is 0. The molecule has 0 amide bonds. The lowest BCUT2D eigenvalue weighted by Gasteiger charge is -2.33. The smallest absolute Gasteiger partial charge is 0.353 e. The van der Waals surface area contributed by atoms with E-state index in [2.05, 4.69) is 15.3 Å². The number of hydrogen-bond acceptors (Lipinski definition) is 4. The van der Waals surface area contributed by atoms with Crippen molar-refractivity contribution in [1.29, 1.82) is 0 Å². The second-order valence-electron chi connectivity index (χ2n) is 6.39. The topological polar surface area (TPSA) is 40.5 Å². The maximum atomic E-state index is 13.2. The number of guanidine groups is 1. The number of fused-ring (bicyclic) bond motifs is 1. The number of nitrogens with one attached hydrogen (secondary N) is 1. The minimum atomic E-state index is -4.38. The average Bonchev–Trinajstić information content (AvgIpc) is 3.38. The molecule has 0 saturated heterocycles. The molecular weight excluding hydrogens is 329 g/mol. The molecule has 7 heteroatoms. The van der Waals surface area contributed by atoms with E-state index < -0.39 is 11.7 Å². The van der Waals surface area contributed by atoms with Crippen LogP contribution in [0.25, 0.3) is 5.57 Å². The van der Waals surface area contributed by atoms with Crippen molar-refractivity contribution in [3.63, 3.8) is 0 Å². The van der Waals surface area contributed by atoms with E-state index in [1.165, 1.54) is 12.3 Å². The highest BCUT2D eigenvalue weighted by atomic mass is 19.4. The van der Waals surface area contributed by atoms with Crippen molar-refractivity contribution < 1.29 is 13.2 Å². The number of halogens is 3. The van der Waals surface area contributed by atoms with Gasteiger partial charge in [0.25, 0.3) is 0 Å². The fraction of sp³-hybridized carbons (Fsp3) is 0.333. The molecule has 1 saturated carbocycles. The van der Waals surface area contributed by atoms with Crippen LogP contribution < -0.4 is 5.32 Å². The van der Waals surface area contributed by atoms with E-state index in [0.29, 0.717) is 24.2 Å². The number of aryl methyl sites for hydroxylation is 1. The predicted octanol–water partition coefficient (Wildman–Crippen LogP) is 3.54. The number of nitrogens with zero attached hydrogens (tertiary/aromatic N) is 3. The third-order valence-corrected chi connectivity index (χ3v) is 4.36. The Morgan fingerprint density at radius 3 is 2.76 bits per heavy atom. The Balaban J connectivity index is 1.78. The number of rotatable bonds is 2. The Morgan fingerprint density at radius 1 is 1.28 bits per heavy atom. The van der Waals surface area contributed by atoms with Crippen molar-refractivity contribution in [1.82, 2.24) is 15.2 Å². The van der Waals surface area contributed by atoms with Gasteiger partial charge in [-0.25, -0.2) is 4.99 Å². The lowest BCUT2D eigenvalue weighted by molar-refractivity contribution is -0.0885. The van der Waals surface area contributed by atoms with E-state index in [4.69, 9.17) is 0 Å². The normalized spacial score (nSPS) is 20.2. The largest absolute Gasteiger partial charge is 0.416 e. The average molecular weight is 346 g/mol. The summed E-state index contributed by atoms with van der Waals surface area (Å²) in [5.41, 5.74) is 2.27. The molecule has 25 heavy (non-hydrogen) atoms. The van der Waals surface area contributed by atoms with Crippen LogP contribution in [0.15, 0.2) is 52.9 Å². The molecule has 3 heterocycles. The van der Waals surface area contributed by atoms with Crippen LogP contribution in [-0.4, -0.2) is 34.6 Å². The van der Waals surface area contributed by atoms with Crippen molar-refractivity contribution in [2.45, 2.75) is 32.0 Å². The van der Waals surface area contributed by atoms with Crippen LogP contribution in [0, 0.1) is 6.92 Å². The monoisotopic (exact) mass is 346 g/mol. The molecule has 0 atom stereocenters. The van der Waals surface area contributed by atoms with Crippen molar-refractivity contribution in [2.75, 3.05) is 6.54 Å². The van der Waals surface area contributed by atoms with Crippen LogP contribution in [0.5, 0.6) is 0 Å². The van der Waals surface area contributed by atoms with E-state index in [-0.39, 0.29) is 0 Å². The maximum absolute atomic E-state index is 13.2. The third kappa shape index (κ3) is 3.18. The second kappa shape index (κ2) is 5.75. The standard InChI is InChI=1S/C18H17F3N4/c1-11-8-12(4-6-22-11)15-10-23-17(24-14-2-3-14)25-7-5-13(9-16(15)25)18(19,20)21/h4-9,14H,2-3,10H2,1H3,(H,23,24). The van der Waals surface area contributed by atoms with E-state index in [9.17, 15) is 13.2 Å². The zero-order valence-electron chi connectivity index (χ0n) is 13.6. The molecule has 4 nitrogen and oxygen atoms in total. The molecule has 0 aromatic carbocycles. The first-order valence-electron chi connectivity index (χ1n) is 8.15. The number of aliphatic imine (C=N–C) groups is 1. The summed E-state index contributed by atoms with van der Waals surface area (Å²) in [4.78, 5) is 10.4. The van der Waals surface area contributed by atoms with Crippen LogP contribution in [-0.2, 0) is 0 Å². The van der Waals surface area contributed by atoms with Crippen LogP contribution in [0.3, 0.4) is 0 Å². The number of allylic oxidation sites excluding steroid dienone is 3. The van der Waals surface area contributed by atoms with Gasteiger partial charge in [0.2, 0.25) is 5.96 Å². The lowest BCUT2D eigenvalue weighted by atomic mass is 9.99. The molecule has 1 aromatic heterocycles. The summed E-state index contributed by atoms with van der Waals surface area (Å²) in [7, 11) is 0. The minimum Gasteiger partial charge on any atom is -0.353 e. The van der Waals surface area contributed by atoms with Crippen LogP contribution in [0.1, 0.15) is 24.1 Å². The van der Waals surface area contributed by atoms with E-state index >= 15 is 0 Å². The molecule has 1 aliphatic carbocycles. The van der Waals surface area contributed by atoms with Gasteiger partial charge in [0.05, 0.1) is 17.8 Å². The SMILES string of the molecule is Cc1cc(C2=C3C=C(C(F)(F)F)C=CN3C(NC3CC3)=NC2)ccn1. The Morgan fingerprint density at radius 2 is 2.08 bits per heavy atom. The Bertz CT molecular complexity index is 829. The van der Waals surface area contributed by atoms with Crippen molar-refractivity contribution in [3.05, 3.63) is 59.2 Å². The van der Waals surface area contributed by atoms with Gasteiger partial charge in [-0.3, -0.25) is 9.88 Å². The van der Waals surface area contributed by atoms with Gasteiger partial charge in [0.1, 0.15) is 0 Å². The predicted molar refractivity (Wildman–Crippen MR) is 89.5 cm³/mol. The highest BCUT2D eigenvalue weighted by Crippen LogP contribution is 2.36. The molecule has 0 radical (unpaired) electrons. The molecule has 130 valence electrons. The van der Waals surface area contributed by atoms with Crippen molar-refractivity contribution in [3.8, 4) is 0 Å². The molecule has 1 fully saturated rings. The summed E-state index contributed by atoms with van der Waals surface area (Å²) in [6, 6.07) is 4.04. The highest BCUT2D eigenvalue weighted by molar-refractivity contribution is 5.91. The first-order chi connectivity index (χ1) is 11.9. The molecule has 1 aromatic rings. The lowest BCUT2D eigenvalue weighted by Crippen LogP contribution is -2.42. The van der Waals surface area contributed by atoms with Gasteiger partial charge in [-0.2, -0.15) is 13.2 Å². The number of alkyl halides is 3. The molecule has 3 aliphatic rings. The highest BCUT2D eigenvalue weighted by Gasteiger charge is 2.36. The molecule has 2 aliphatic heterocycles. The maximum Gasteiger partial charge on any atom is 0.416 e. The quantitative estimate of drug-likeness (QED) is 0.890. The van der Waals surface area contributed by atoms with Gasteiger partial charge in [0, 0.05) is 29.7 Å².